The van der Waals surface area contributed by atoms with Gasteiger partial charge in [-0.2, -0.15) is 0 Å². The molecule has 0 fully saturated rings. The van der Waals surface area contributed by atoms with Gasteiger partial charge in [-0.05, 0) is 37.6 Å². The van der Waals surface area contributed by atoms with Crippen LogP contribution in [0.1, 0.15) is 12.5 Å². The average Bonchev–Trinajstić information content (AvgIpc) is 2.54. The Hall–Kier alpha value is -2.40. The van der Waals surface area contributed by atoms with E-state index in [0.29, 0.717) is 13.2 Å². The maximum Gasteiger partial charge on any atom is 0.155 e. The molecule has 23 heavy (non-hydrogen) atoms. The first-order valence-corrected chi connectivity index (χ1v) is 7.80. The predicted molar refractivity (Wildman–Crippen MR) is 91.8 cm³/mol. The molecule has 0 atom stereocenters. The minimum Gasteiger partial charge on any atom is -0.453 e. The zero-order chi connectivity index (χ0) is 16.2. The van der Waals surface area contributed by atoms with E-state index in [1.54, 1.807) is 7.11 Å². The third kappa shape index (κ3) is 3.35. The fourth-order valence-corrected chi connectivity index (χ4v) is 2.51. The maximum absolute atomic E-state index is 6.04. The number of nitrogens with one attached hydrogen (secondary N) is 1. The fourth-order valence-electron chi connectivity index (χ4n) is 2.51. The van der Waals surface area contributed by atoms with Gasteiger partial charge in [0.05, 0.1) is 18.5 Å². The van der Waals surface area contributed by atoms with Crippen molar-refractivity contribution in [2.45, 2.75) is 13.8 Å². The van der Waals surface area contributed by atoms with Gasteiger partial charge in [-0.1, -0.05) is 0 Å². The lowest BCUT2D eigenvalue weighted by molar-refractivity contribution is 0.207. The molecule has 0 saturated carbocycles. The fraction of sp³-hybridized carbons (Fsp3) is 0.333. The summed E-state index contributed by atoms with van der Waals surface area (Å²) in [6.45, 7) is 6.21. The number of nitrogens with zero attached hydrogens (tertiary/aromatic N) is 2. The highest BCUT2D eigenvalue weighted by Gasteiger charge is 2.11. The van der Waals surface area contributed by atoms with Gasteiger partial charge in [-0.3, -0.25) is 4.99 Å². The molecule has 0 unspecified atom stereocenters. The molecule has 2 aliphatic rings. The van der Waals surface area contributed by atoms with E-state index in [9.17, 15) is 0 Å². The molecule has 0 saturated heterocycles. The SMILES string of the molecule is CCNc1ccc2nc3cc(C)c(=NCCOC)cc-3oc2c1. The number of benzene rings is 2. The second-order valence-electron chi connectivity index (χ2n) is 5.41. The molecule has 0 radical (unpaired) electrons. The van der Waals surface area contributed by atoms with E-state index in [4.69, 9.17) is 9.15 Å². The lowest BCUT2D eigenvalue weighted by atomic mass is 10.1. The molecule has 120 valence electrons. The number of ether oxygens (including phenoxy) is 1. The van der Waals surface area contributed by atoms with Gasteiger partial charge in [0.1, 0.15) is 11.2 Å². The van der Waals surface area contributed by atoms with Gasteiger partial charge >= 0.3 is 0 Å². The minimum atomic E-state index is 0.608. The van der Waals surface area contributed by atoms with Crippen molar-refractivity contribution in [3.63, 3.8) is 0 Å². The predicted octanol–water partition coefficient (Wildman–Crippen LogP) is 3.22. The summed E-state index contributed by atoms with van der Waals surface area (Å²) in [4.78, 5) is 9.24. The van der Waals surface area contributed by atoms with Crippen LogP contribution in [0.25, 0.3) is 22.6 Å². The molecule has 1 aromatic rings. The smallest absolute Gasteiger partial charge is 0.155 e. The van der Waals surface area contributed by atoms with Gasteiger partial charge in [0.25, 0.3) is 0 Å². The molecule has 3 rings (SSSR count). The molecule has 5 heteroatoms. The molecule has 0 spiro atoms. The van der Waals surface area contributed by atoms with Crippen molar-refractivity contribution in [1.29, 1.82) is 0 Å². The van der Waals surface area contributed by atoms with Crippen LogP contribution in [-0.2, 0) is 4.74 Å². The first-order valence-electron chi connectivity index (χ1n) is 7.80. The number of aromatic nitrogens is 1. The summed E-state index contributed by atoms with van der Waals surface area (Å²) < 4.78 is 11.1. The zero-order valence-corrected chi connectivity index (χ0v) is 13.7. The third-order valence-electron chi connectivity index (χ3n) is 3.66. The number of methoxy groups -OCH3 is 1. The first kappa shape index (κ1) is 15.5. The standard InChI is InChI=1S/C18H21N3O2/c1-4-19-13-5-6-14-17(10-13)23-18-11-15(20-7-8-22-3)12(2)9-16(18)21-14/h5-6,9-11,19H,4,7-8H2,1-3H3. The van der Waals surface area contributed by atoms with Crippen LogP contribution in [0.4, 0.5) is 5.69 Å². The number of aryl methyl sites for hydroxylation is 1. The highest BCUT2D eigenvalue weighted by Crippen LogP contribution is 2.26. The Bertz CT molecular complexity index is 855. The van der Waals surface area contributed by atoms with Crippen molar-refractivity contribution in [3.8, 4) is 11.5 Å². The van der Waals surface area contributed by atoms with Crippen molar-refractivity contribution in [3.05, 3.63) is 41.3 Å². The Balaban J connectivity index is 2.11. The van der Waals surface area contributed by atoms with E-state index >= 15 is 0 Å². The molecule has 1 aromatic carbocycles. The summed E-state index contributed by atoms with van der Waals surface area (Å²) in [5.74, 6) is 0.743. The van der Waals surface area contributed by atoms with Crippen molar-refractivity contribution in [2.24, 2.45) is 4.99 Å². The van der Waals surface area contributed by atoms with E-state index < -0.39 is 0 Å². The number of hydrogen-bond donors (Lipinski definition) is 1. The number of rotatable bonds is 5. The Morgan fingerprint density at radius 3 is 2.91 bits per heavy atom. The Labute approximate surface area is 135 Å². The second kappa shape index (κ2) is 6.79. The lowest BCUT2D eigenvalue weighted by Crippen LogP contribution is -2.10. The number of fused-ring (bicyclic) bond motifs is 2. The summed E-state index contributed by atoms with van der Waals surface area (Å²) in [5, 5.41) is 4.20. The number of hydrogen-bond acceptors (Lipinski definition) is 5. The molecule has 0 amide bonds. The first-order chi connectivity index (χ1) is 11.2. The molecular formula is C18H21N3O2. The highest BCUT2D eigenvalue weighted by atomic mass is 16.5. The zero-order valence-electron chi connectivity index (χ0n) is 13.7. The monoisotopic (exact) mass is 311 g/mol. The van der Waals surface area contributed by atoms with Crippen molar-refractivity contribution >= 4 is 16.8 Å². The summed E-state index contributed by atoms with van der Waals surface area (Å²) in [6, 6.07) is 9.94. The Morgan fingerprint density at radius 2 is 2.13 bits per heavy atom. The van der Waals surface area contributed by atoms with Crippen LogP contribution in [0.5, 0.6) is 0 Å². The van der Waals surface area contributed by atoms with Crippen LogP contribution in [-0.4, -0.2) is 31.8 Å². The van der Waals surface area contributed by atoms with Crippen molar-refractivity contribution in [2.75, 3.05) is 32.1 Å². The van der Waals surface area contributed by atoms with Crippen LogP contribution >= 0.6 is 0 Å². The van der Waals surface area contributed by atoms with E-state index in [2.05, 4.69) is 22.2 Å². The Morgan fingerprint density at radius 1 is 1.26 bits per heavy atom. The summed E-state index contributed by atoms with van der Waals surface area (Å²) in [7, 11) is 1.68. The van der Waals surface area contributed by atoms with Gasteiger partial charge in [0.2, 0.25) is 0 Å². The van der Waals surface area contributed by atoms with Gasteiger partial charge in [-0.25, -0.2) is 4.98 Å². The maximum atomic E-state index is 6.04. The molecular weight excluding hydrogens is 290 g/mol. The molecule has 0 bridgehead atoms. The largest absolute Gasteiger partial charge is 0.453 e. The summed E-state index contributed by atoms with van der Waals surface area (Å²) in [5.41, 5.74) is 4.57. The minimum absolute atomic E-state index is 0.608. The average molecular weight is 311 g/mol. The van der Waals surface area contributed by atoms with Gasteiger partial charge in [0, 0.05) is 31.5 Å². The molecule has 0 aromatic heterocycles. The van der Waals surface area contributed by atoms with Gasteiger partial charge < -0.3 is 14.5 Å². The van der Waals surface area contributed by atoms with Crippen molar-refractivity contribution < 1.29 is 9.15 Å². The van der Waals surface area contributed by atoms with Crippen LogP contribution in [0.15, 0.2) is 39.7 Å². The highest BCUT2D eigenvalue weighted by molar-refractivity contribution is 5.79. The molecule has 1 aliphatic carbocycles. The molecule has 1 heterocycles. The number of anilines is 1. The third-order valence-corrected chi connectivity index (χ3v) is 3.66. The van der Waals surface area contributed by atoms with Crippen LogP contribution in [0.2, 0.25) is 0 Å². The molecule has 1 N–H and O–H groups in total. The topological polar surface area (TPSA) is 59.7 Å². The van der Waals surface area contributed by atoms with Gasteiger partial charge in [-0.15, -0.1) is 0 Å². The van der Waals surface area contributed by atoms with Crippen LogP contribution in [0, 0.1) is 6.92 Å². The molecule has 1 aliphatic heterocycles. The van der Waals surface area contributed by atoms with E-state index in [1.165, 1.54) is 0 Å². The van der Waals surface area contributed by atoms with Crippen LogP contribution in [0.3, 0.4) is 0 Å². The van der Waals surface area contributed by atoms with Gasteiger partial charge in [0.15, 0.2) is 11.3 Å². The normalized spacial score (nSPS) is 12.2. The van der Waals surface area contributed by atoms with E-state index in [-0.39, 0.29) is 0 Å². The Kier molecular flexibility index (Phi) is 4.57. The summed E-state index contributed by atoms with van der Waals surface area (Å²) in [6.07, 6.45) is 0. The quantitative estimate of drug-likeness (QED) is 0.580. The lowest BCUT2D eigenvalue weighted by Gasteiger charge is -2.09. The second-order valence-corrected chi connectivity index (χ2v) is 5.41. The summed E-state index contributed by atoms with van der Waals surface area (Å²) >= 11 is 0. The van der Waals surface area contributed by atoms with Crippen molar-refractivity contribution in [1.82, 2.24) is 4.98 Å². The van der Waals surface area contributed by atoms with E-state index in [0.717, 1.165) is 45.7 Å². The van der Waals surface area contributed by atoms with Crippen LogP contribution < -0.4 is 10.7 Å². The van der Waals surface area contributed by atoms with E-state index in [1.807, 2.05) is 37.3 Å². The molecule has 5 nitrogen and oxygen atoms in total.